The van der Waals surface area contributed by atoms with E-state index < -0.39 is 5.54 Å². The molecule has 2 N–H and O–H groups in total. The van der Waals surface area contributed by atoms with Crippen molar-refractivity contribution < 1.29 is 4.52 Å². The van der Waals surface area contributed by atoms with Crippen molar-refractivity contribution in [2.45, 2.75) is 24.8 Å². The number of hydrogen-bond donors (Lipinski definition) is 1. The average Bonchev–Trinajstić information content (AvgIpc) is 2.76. The van der Waals surface area contributed by atoms with Crippen molar-refractivity contribution in [3.05, 3.63) is 28.7 Å². The maximum atomic E-state index is 6.13. The van der Waals surface area contributed by atoms with E-state index in [1.54, 1.807) is 6.20 Å². The molecule has 1 saturated carbocycles. The predicted octanol–water partition coefficient (Wildman–Crippen LogP) is 2.23. The number of halogens is 1. The Morgan fingerprint density at radius 3 is 2.88 bits per heavy atom. The summed E-state index contributed by atoms with van der Waals surface area (Å²) in [5, 5.41) is 3.94. The summed E-state index contributed by atoms with van der Waals surface area (Å²) in [7, 11) is 0. The summed E-state index contributed by atoms with van der Waals surface area (Å²) < 4.78 is 6.07. The highest BCUT2D eigenvalue weighted by atomic mass is 79.9. The molecule has 2 aromatic heterocycles. The van der Waals surface area contributed by atoms with Crippen molar-refractivity contribution in [1.82, 2.24) is 15.1 Å². The van der Waals surface area contributed by atoms with Crippen LogP contribution in [-0.4, -0.2) is 15.1 Å². The van der Waals surface area contributed by atoms with Gasteiger partial charge in [0.1, 0.15) is 5.69 Å². The Bertz CT molecular complexity index is 550. The Balaban J connectivity index is 1.98. The summed E-state index contributed by atoms with van der Waals surface area (Å²) in [4.78, 5) is 8.55. The van der Waals surface area contributed by atoms with Gasteiger partial charge in [-0.25, -0.2) is 0 Å². The van der Waals surface area contributed by atoms with E-state index in [1.807, 2.05) is 12.1 Å². The first kappa shape index (κ1) is 10.9. The summed E-state index contributed by atoms with van der Waals surface area (Å²) in [6, 6.07) is 3.73. The summed E-state index contributed by atoms with van der Waals surface area (Å²) >= 11 is 3.41. The molecule has 2 aromatic rings. The van der Waals surface area contributed by atoms with Crippen molar-refractivity contribution in [2.24, 2.45) is 5.73 Å². The van der Waals surface area contributed by atoms with E-state index in [0.29, 0.717) is 17.4 Å². The second-order valence-electron chi connectivity index (χ2n) is 4.27. The van der Waals surface area contributed by atoms with Gasteiger partial charge in [-0.1, -0.05) is 5.16 Å². The molecule has 1 aliphatic carbocycles. The highest BCUT2D eigenvalue weighted by Gasteiger charge is 2.40. The zero-order valence-corrected chi connectivity index (χ0v) is 10.6. The first-order valence-electron chi connectivity index (χ1n) is 5.43. The Morgan fingerprint density at radius 2 is 2.24 bits per heavy atom. The molecule has 0 bridgehead atoms. The predicted molar refractivity (Wildman–Crippen MR) is 64.9 cm³/mol. The van der Waals surface area contributed by atoms with Crippen LogP contribution >= 0.6 is 15.9 Å². The second-order valence-corrected chi connectivity index (χ2v) is 5.12. The first-order chi connectivity index (χ1) is 8.19. The fraction of sp³-hybridized carbons (Fsp3) is 0.364. The van der Waals surface area contributed by atoms with Crippen molar-refractivity contribution in [3.63, 3.8) is 0 Å². The molecule has 2 heterocycles. The van der Waals surface area contributed by atoms with Crippen LogP contribution in [0.15, 0.2) is 27.3 Å². The van der Waals surface area contributed by atoms with Crippen LogP contribution in [0.25, 0.3) is 11.5 Å². The molecule has 0 amide bonds. The number of aromatic nitrogens is 3. The fourth-order valence-electron chi connectivity index (χ4n) is 1.84. The van der Waals surface area contributed by atoms with Crippen LogP contribution in [0.4, 0.5) is 0 Å². The van der Waals surface area contributed by atoms with E-state index >= 15 is 0 Å². The van der Waals surface area contributed by atoms with E-state index in [0.717, 1.165) is 23.7 Å². The zero-order valence-electron chi connectivity index (χ0n) is 9.06. The van der Waals surface area contributed by atoms with Crippen LogP contribution in [0.5, 0.6) is 0 Å². The number of rotatable bonds is 2. The summed E-state index contributed by atoms with van der Waals surface area (Å²) in [6.07, 6.45) is 4.61. The normalized spacial score (nSPS) is 17.8. The molecular weight excluding hydrogens is 284 g/mol. The summed E-state index contributed by atoms with van der Waals surface area (Å²) in [5.41, 5.74) is 6.37. The van der Waals surface area contributed by atoms with Crippen molar-refractivity contribution in [3.8, 4) is 11.5 Å². The lowest BCUT2D eigenvalue weighted by molar-refractivity contribution is 0.181. The Labute approximate surface area is 107 Å². The lowest BCUT2D eigenvalue weighted by Crippen LogP contribution is -2.43. The van der Waals surface area contributed by atoms with Gasteiger partial charge in [-0.15, -0.1) is 0 Å². The molecule has 3 rings (SSSR count). The second kappa shape index (κ2) is 3.89. The van der Waals surface area contributed by atoms with Gasteiger partial charge in [0.15, 0.2) is 0 Å². The zero-order chi connectivity index (χ0) is 11.9. The largest absolute Gasteiger partial charge is 0.337 e. The molecule has 0 atom stereocenters. The van der Waals surface area contributed by atoms with Crippen LogP contribution in [0, 0.1) is 0 Å². The maximum Gasteiger partial charge on any atom is 0.247 e. The minimum Gasteiger partial charge on any atom is -0.337 e. The maximum absolute atomic E-state index is 6.13. The third-order valence-corrected chi connectivity index (χ3v) is 3.71. The number of nitrogens with two attached hydrogens (primary N) is 1. The monoisotopic (exact) mass is 294 g/mol. The first-order valence-corrected chi connectivity index (χ1v) is 6.22. The minimum atomic E-state index is -0.424. The van der Waals surface area contributed by atoms with Gasteiger partial charge < -0.3 is 10.3 Å². The highest BCUT2D eigenvalue weighted by molar-refractivity contribution is 9.10. The number of hydrogen-bond acceptors (Lipinski definition) is 5. The highest BCUT2D eigenvalue weighted by Crippen LogP contribution is 2.38. The molecule has 0 radical (unpaired) electrons. The van der Waals surface area contributed by atoms with Crippen LogP contribution in [0.3, 0.4) is 0 Å². The van der Waals surface area contributed by atoms with Crippen LogP contribution in [0.2, 0.25) is 0 Å². The lowest BCUT2D eigenvalue weighted by atomic mass is 9.78. The molecule has 6 heteroatoms. The quantitative estimate of drug-likeness (QED) is 0.919. The van der Waals surface area contributed by atoms with Gasteiger partial charge in [0, 0.05) is 10.7 Å². The molecule has 0 unspecified atom stereocenters. The molecule has 0 spiro atoms. The van der Waals surface area contributed by atoms with Crippen LogP contribution in [-0.2, 0) is 5.54 Å². The van der Waals surface area contributed by atoms with Gasteiger partial charge >= 0.3 is 0 Å². The van der Waals surface area contributed by atoms with E-state index in [-0.39, 0.29) is 0 Å². The molecule has 88 valence electrons. The van der Waals surface area contributed by atoms with E-state index in [2.05, 4.69) is 31.1 Å². The molecule has 0 saturated heterocycles. The summed E-state index contributed by atoms with van der Waals surface area (Å²) in [5.74, 6) is 0.987. The Hall–Kier alpha value is -1.27. The molecule has 1 fully saturated rings. The topological polar surface area (TPSA) is 77.8 Å². The number of pyridine rings is 1. The van der Waals surface area contributed by atoms with Gasteiger partial charge in [-0.05, 0) is 47.3 Å². The average molecular weight is 295 g/mol. The Kier molecular flexibility index (Phi) is 2.48. The SMILES string of the molecule is NC1(c2nc(-c3ncccc3Br)no2)CCC1. The fourth-order valence-corrected chi connectivity index (χ4v) is 2.28. The molecule has 0 aliphatic heterocycles. The van der Waals surface area contributed by atoms with Crippen LogP contribution in [0.1, 0.15) is 25.2 Å². The standard InChI is InChI=1S/C11H11BrN4O/c12-7-3-1-6-14-8(7)9-15-10(17-16-9)11(13)4-2-5-11/h1,3,6H,2,4-5,13H2. The van der Waals surface area contributed by atoms with Crippen LogP contribution < -0.4 is 5.73 Å². The molecule has 1 aliphatic rings. The minimum absolute atomic E-state index is 0.424. The third kappa shape index (κ3) is 1.77. The molecule has 5 nitrogen and oxygen atoms in total. The molecule has 0 aromatic carbocycles. The number of nitrogens with zero attached hydrogens (tertiary/aromatic N) is 3. The lowest BCUT2D eigenvalue weighted by Gasteiger charge is -2.33. The Morgan fingerprint density at radius 1 is 1.41 bits per heavy atom. The summed E-state index contributed by atoms with van der Waals surface area (Å²) in [6.45, 7) is 0. The van der Waals surface area contributed by atoms with Crippen molar-refractivity contribution >= 4 is 15.9 Å². The van der Waals surface area contributed by atoms with E-state index in [9.17, 15) is 0 Å². The molecule has 17 heavy (non-hydrogen) atoms. The van der Waals surface area contributed by atoms with E-state index in [4.69, 9.17) is 10.3 Å². The van der Waals surface area contributed by atoms with Crippen molar-refractivity contribution in [2.75, 3.05) is 0 Å². The van der Waals surface area contributed by atoms with Gasteiger partial charge in [0.2, 0.25) is 11.7 Å². The molecular formula is C11H11BrN4O. The van der Waals surface area contributed by atoms with Gasteiger partial charge in [0.25, 0.3) is 0 Å². The third-order valence-electron chi connectivity index (χ3n) is 3.07. The smallest absolute Gasteiger partial charge is 0.247 e. The van der Waals surface area contributed by atoms with E-state index in [1.165, 1.54) is 0 Å². The van der Waals surface area contributed by atoms with Crippen molar-refractivity contribution in [1.29, 1.82) is 0 Å². The van der Waals surface area contributed by atoms with Gasteiger partial charge in [-0.2, -0.15) is 4.98 Å². The van der Waals surface area contributed by atoms with Gasteiger partial charge in [-0.3, -0.25) is 4.98 Å². The van der Waals surface area contributed by atoms with Gasteiger partial charge in [0.05, 0.1) is 5.54 Å².